The molecule has 0 spiro atoms. The van der Waals surface area contributed by atoms with Gasteiger partial charge in [0, 0.05) is 17.8 Å². The Balaban J connectivity index is 1.74. The third kappa shape index (κ3) is 3.06. The molecule has 2 aliphatic rings. The number of carbonyl (C=O) groups is 3. The van der Waals surface area contributed by atoms with Gasteiger partial charge in [-0.15, -0.1) is 0 Å². The second-order valence-electron chi connectivity index (χ2n) is 6.31. The van der Waals surface area contributed by atoms with Crippen LogP contribution < -0.4 is 4.90 Å². The number of carbonyl (C=O) groups excluding carboxylic acids is 3. The van der Waals surface area contributed by atoms with E-state index in [-0.39, 0.29) is 43.0 Å². The largest absolute Gasteiger partial charge is 0.327 e. The molecule has 2 fully saturated rings. The van der Waals surface area contributed by atoms with Crippen molar-refractivity contribution >= 4 is 23.5 Å². The molecule has 1 saturated carbocycles. The van der Waals surface area contributed by atoms with Crippen molar-refractivity contribution in [2.24, 2.45) is 0 Å². The first-order valence-electron chi connectivity index (χ1n) is 7.97. The third-order valence-corrected chi connectivity index (χ3v) is 4.18. The highest BCUT2D eigenvalue weighted by Crippen LogP contribution is 2.30. The molecule has 0 radical (unpaired) electrons. The summed E-state index contributed by atoms with van der Waals surface area (Å²) < 4.78 is 0. The van der Waals surface area contributed by atoms with Crippen LogP contribution in [0.15, 0.2) is 30.3 Å². The smallest absolute Gasteiger partial charge is 0.312 e. The van der Waals surface area contributed by atoms with Crippen molar-refractivity contribution in [2.75, 3.05) is 18.0 Å². The number of hydrogen-bond donors (Lipinski definition) is 0. The lowest BCUT2D eigenvalue weighted by Gasteiger charge is -2.28. The Kier molecular flexibility index (Phi) is 4.07. The van der Waals surface area contributed by atoms with Gasteiger partial charge in [-0.3, -0.25) is 14.5 Å². The monoisotopic (exact) mass is 315 g/mol. The highest BCUT2D eigenvalue weighted by atomic mass is 16.2. The third-order valence-electron chi connectivity index (χ3n) is 4.18. The van der Waals surface area contributed by atoms with Gasteiger partial charge in [-0.05, 0) is 38.8 Å². The van der Waals surface area contributed by atoms with Crippen LogP contribution in [0, 0.1) is 0 Å². The van der Waals surface area contributed by atoms with Crippen molar-refractivity contribution in [2.45, 2.75) is 38.8 Å². The fourth-order valence-corrected chi connectivity index (χ4v) is 2.92. The molecule has 0 unspecified atom stereocenters. The average molecular weight is 315 g/mol. The molecule has 6 nitrogen and oxygen atoms in total. The summed E-state index contributed by atoms with van der Waals surface area (Å²) in [4.78, 5) is 41.4. The zero-order valence-corrected chi connectivity index (χ0v) is 13.4. The maximum atomic E-state index is 12.7. The van der Waals surface area contributed by atoms with E-state index in [4.69, 9.17) is 0 Å². The molecule has 1 aromatic rings. The zero-order valence-electron chi connectivity index (χ0n) is 13.4. The summed E-state index contributed by atoms with van der Waals surface area (Å²) in [5, 5.41) is 0. The maximum Gasteiger partial charge on any atom is 0.327 e. The number of amides is 4. The summed E-state index contributed by atoms with van der Waals surface area (Å²) in [7, 11) is 0. The van der Waals surface area contributed by atoms with Gasteiger partial charge in [-0.25, -0.2) is 4.79 Å². The molecule has 1 aliphatic carbocycles. The van der Waals surface area contributed by atoms with E-state index >= 15 is 0 Å². The Bertz CT molecular complexity index is 625. The number of anilines is 1. The fraction of sp³-hybridized carbons (Fsp3) is 0.471. The van der Waals surface area contributed by atoms with Gasteiger partial charge in [0.1, 0.15) is 13.1 Å². The number of para-hydroxylation sites is 1. The first kappa shape index (κ1) is 15.5. The normalized spacial score (nSPS) is 18.0. The van der Waals surface area contributed by atoms with Gasteiger partial charge < -0.3 is 9.80 Å². The molecular formula is C17H21N3O3. The highest BCUT2D eigenvalue weighted by Gasteiger charge is 2.44. The molecule has 0 bridgehead atoms. The minimum atomic E-state index is -0.331. The Morgan fingerprint density at radius 1 is 1.22 bits per heavy atom. The van der Waals surface area contributed by atoms with Crippen molar-refractivity contribution in [3.8, 4) is 0 Å². The summed E-state index contributed by atoms with van der Waals surface area (Å²) in [6, 6.07) is 9.09. The Hall–Kier alpha value is -2.37. The summed E-state index contributed by atoms with van der Waals surface area (Å²) >= 11 is 0. The lowest BCUT2D eigenvalue weighted by Crippen LogP contribution is -2.46. The van der Waals surface area contributed by atoms with E-state index in [1.807, 2.05) is 44.2 Å². The first-order chi connectivity index (χ1) is 11.0. The molecule has 1 saturated heterocycles. The number of nitrogens with zero attached hydrogens (tertiary/aromatic N) is 3. The summed E-state index contributed by atoms with van der Waals surface area (Å²) in [6.45, 7) is 3.72. The average Bonchev–Trinajstić information content (AvgIpc) is 3.31. The van der Waals surface area contributed by atoms with Crippen LogP contribution in [0.3, 0.4) is 0 Å². The van der Waals surface area contributed by atoms with Gasteiger partial charge >= 0.3 is 6.03 Å². The minimum absolute atomic E-state index is 0.0581. The molecule has 122 valence electrons. The molecule has 0 atom stereocenters. The highest BCUT2D eigenvalue weighted by molar-refractivity contribution is 6.07. The molecule has 1 aromatic carbocycles. The van der Waals surface area contributed by atoms with Crippen molar-refractivity contribution in [1.29, 1.82) is 0 Å². The molecule has 1 heterocycles. The number of urea groups is 1. The van der Waals surface area contributed by atoms with E-state index in [0.717, 1.165) is 23.4 Å². The lowest BCUT2D eigenvalue weighted by atomic mass is 10.2. The van der Waals surface area contributed by atoms with Gasteiger partial charge in [-0.2, -0.15) is 0 Å². The van der Waals surface area contributed by atoms with Crippen LogP contribution in [0.2, 0.25) is 0 Å². The number of rotatable bonds is 5. The lowest BCUT2D eigenvalue weighted by molar-refractivity contribution is -0.129. The van der Waals surface area contributed by atoms with E-state index in [9.17, 15) is 14.4 Å². The molecule has 6 heteroatoms. The molecule has 0 aromatic heterocycles. The molecule has 0 N–H and O–H groups in total. The number of benzene rings is 1. The van der Waals surface area contributed by atoms with Crippen LogP contribution in [0.25, 0.3) is 0 Å². The summed E-state index contributed by atoms with van der Waals surface area (Å²) in [5.41, 5.74) is 0.769. The standard InChI is InChI=1S/C17H21N3O3/c1-12(2)20(14-6-4-3-5-7-14)16(22)11-19-15(21)10-18(17(19)23)13-8-9-13/h3-7,12-13H,8-11H2,1-2H3. The van der Waals surface area contributed by atoms with Crippen molar-refractivity contribution in [1.82, 2.24) is 9.80 Å². The molecule has 23 heavy (non-hydrogen) atoms. The van der Waals surface area contributed by atoms with Crippen LogP contribution in [-0.4, -0.2) is 52.8 Å². The van der Waals surface area contributed by atoms with E-state index in [0.29, 0.717) is 0 Å². The zero-order chi connectivity index (χ0) is 16.6. The number of imide groups is 1. The van der Waals surface area contributed by atoms with E-state index < -0.39 is 0 Å². The topological polar surface area (TPSA) is 60.9 Å². The summed E-state index contributed by atoms with van der Waals surface area (Å²) in [6.07, 6.45) is 1.89. The van der Waals surface area contributed by atoms with E-state index in [2.05, 4.69) is 0 Å². The van der Waals surface area contributed by atoms with Crippen LogP contribution in [-0.2, 0) is 9.59 Å². The van der Waals surface area contributed by atoms with Gasteiger partial charge in [0.2, 0.25) is 5.91 Å². The molecule has 3 rings (SSSR count). The van der Waals surface area contributed by atoms with Crippen LogP contribution in [0.1, 0.15) is 26.7 Å². The van der Waals surface area contributed by atoms with Crippen molar-refractivity contribution in [3.63, 3.8) is 0 Å². The first-order valence-corrected chi connectivity index (χ1v) is 7.97. The molecular weight excluding hydrogens is 294 g/mol. The van der Waals surface area contributed by atoms with E-state index in [1.54, 1.807) is 9.80 Å². The summed E-state index contributed by atoms with van der Waals surface area (Å²) in [5.74, 6) is -0.530. The van der Waals surface area contributed by atoms with Crippen LogP contribution in [0.5, 0.6) is 0 Å². The quantitative estimate of drug-likeness (QED) is 0.779. The minimum Gasteiger partial charge on any atom is -0.312 e. The molecule has 1 aliphatic heterocycles. The number of hydrogen-bond acceptors (Lipinski definition) is 3. The predicted octanol–water partition coefficient (Wildman–Crippen LogP) is 1.85. The second kappa shape index (κ2) is 6.02. The Morgan fingerprint density at radius 2 is 1.87 bits per heavy atom. The van der Waals surface area contributed by atoms with Gasteiger partial charge in [0.05, 0.1) is 0 Å². The van der Waals surface area contributed by atoms with Gasteiger partial charge in [-0.1, -0.05) is 18.2 Å². The fourth-order valence-electron chi connectivity index (χ4n) is 2.92. The van der Waals surface area contributed by atoms with Crippen molar-refractivity contribution in [3.05, 3.63) is 30.3 Å². The predicted molar refractivity (Wildman–Crippen MR) is 85.9 cm³/mol. The van der Waals surface area contributed by atoms with Crippen LogP contribution in [0.4, 0.5) is 10.5 Å². The Labute approximate surface area is 135 Å². The van der Waals surface area contributed by atoms with Gasteiger partial charge in [0.15, 0.2) is 0 Å². The van der Waals surface area contributed by atoms with Crippen molar-refractivity contribution < 1.29 is 14.4 Å². The maximum absolute atomic E-state index is 12.7. The SMILES string of the molecule is CC(C)N(C(=O)CN1C(=O)CN(C2CC2)C1=O)c1ccccc1. The molecule has 4 amide bonds. The second-order valence-corrected chi connectivity index (χ2v) is 6.31. The Morgan fingerprint density at radius 3 is 2.43 bits per heavy atom. The van der Waals surface area contributed by atoms with E-state index in [1.165, 1.54) is 0 Å². The van der Waals surface area contributed by atoms with Crippen LogP contribution >= 0.6 is 0 Å². The van der Waals surface area contributed by atoms with Gasteiger partial charge in [0.25, 0.3) is 5.91 Å².